The molecule has 0 aliphatic carbocycles. The van der Waals surface area contributed by atoms with Gasteiger partial charge in [-0.25, -0.2) is 4.68 Å². The molecule has 0 aliphatic heterocycles. The van der Waals surface area contributed by atoms with Crippen LogP contribution >= 0.6 is 11.6 Å². The quantitative estimate of drug-likeness (QED) is 0.592. The summed E-state index contributed by atoms with van der Waals surface area (Å²) in [4.78, 5) is 24.1. The highest BCUT2D eigenvalue weighted by molar-refractivity contribution is 6.30. The second kappa shape index (κ2) is 9.13. The number of halogens is 4. The van der Waals surface area contributed by atoms with Crippen LogP contribution in [0.5, 0.6) is 0 Å². The zero-order valence-electron chi connectivity index (χ0n) is 15.6. The summed E-state index contributed by atoms with van der Waals surface area (Å²) in [5.41, 5.74) is 0.587. The first-order valence-corrected chi connectivity index (χ1v) is 9.41. The average Bonchev–Trinajstić information content (AvgIpc) is 2.70. The molecular weight excluding hydrogens is 419 g/mol. The molecule has 2 aromatic carbocycles. The van der Waals surface area contributed by atoms with E-state index >= 15 is 0 Å². The van der Waals surface area contributed by atoms with E-state index < -0.39 is 11.7 Å². The minimum Gasteiger partial charge on any atom is -0.326 e. The number of nitrogens with zero attached hydrogens (tertiary/aromatic N) is 2. The number of rotatable bonds is 6. The number of amides is 1. The van der Waals surface area contributed by atoms with E-state index in [9.17, 15) is 22.8 Å². The maximum Gasteiger partial charge on any atom is 0.416 e. The molecule has 5 nitrogen and oxygen atoms in total. The Hall–Kier alpha value is -3.13. The van der Waals surface area contributed by atoms with Gasteiger partial charge in [0.05, 0.1) is 11.3 Å². The van der Waals surface area contributed by atoms with Crippen molar-refractivity contribution < 1.29 is 18.0 Å². The largest absolute Gasteiger partial charge is 0.416 e. The van der Waals surface area contributed by atoms with Crippen molar-refractivity contribution in [1.82, 2.24) is 9.78 Å². The van der Waals surface area contributed by atoms with Gasteiger partial charge in [-0.05, 0) is 48.9 Å². The Labute approximate surface area is 175 Å². The molecular formula is C21H17ClF3N3O2. The van der Waals surface area contributed by atoms with Crippen LogP contribution in [0.3, 0.4) is 0 Å². The molecule has 3 rings (SSSR count). The highest BCUT2D eigenvalue weighted by Gasteiger charge is 2.29. The number of benzene rings is 2. The molecule has 1 amide bonds. The number of aromatic nitrogens is 2. The fourth-order valence-corrected chi connectivity index (χ4v) is 2.87. The topological polar surface area (TPSA) is 64.0 Å². The zero-order chi connectivity index (χ0) is 21.7. The molecule has 3 aromatic rings. The second-order valence-electron chi connectivity index (χ2n) is 6.51. The Morgan fingerprint density at radius 2 is 1.67 bits per heavy atom. The van der Waals surface area contributed by atoms with E-state index in [4.69, 9.17) is 11.6 Å². The summed E-state index contributed by atoms with van der Waals surface area (Å²) in [6, 6.07) is 14.2. The lowest BCUT2D eigenvalue weighted by molar-refractivity contribution is -0.137. The van der Waals surface area contributed by atoms with Gasteiger partial charge in [-0.3, -0.25) is 9.59 Å². The monoisotopic (exact) mass is 435 g/mol. The summed E-state index contributed by atoms with van der Waals surface area (Å²) >= 11 is 5.88. The van der Waals surface area contributed by atoms with Gasteiger partial charge < -0.3 is 5.32 Å². The van der Waals surface area contributed by atoms with Crippen LogP contribution in [0.4, 0.5) is 18.9 Å². The van der Waals surface area contributed by atoms with Gasteiger partial charge in [0.1, 0.15) is 0 Å². The summed E-state index contributed by atoms with van der Waals surface area (Å²) in [7, 11) is 0. The molecule has 0 saturated carbocycles. The standard InChI is InChI=1S/C21H17ClF3N3O2/c22-16-7-3-14(4-8-16)18-11-12-20(30)28(27-18)13-1-2-19(29)26-17-9-5-15(6-10-17)21(23,24)25/h3-12H,1-2,13H2,(H,26,29). The van der Waals surface area contributed by atoms with Crippen molar-refractivity contribution in [3.05, 3.63) is 81.6 Å². The Morgan fingerprint density at radius 1 is 1.00 bits per heavy atom. The molecule has 0 spiro atoms. The molecule has 156 valence electrons. The molecule has 1 heterocycles. The number of alkyl halides is 3. The van der Waals surface area contributed by atoms with Crippen LogP contribution in [0.2, 0.25) is 5.02 Å². The van der Waals surface area contributed by atoms with Gasteiger partial charge >= 0.3 is 6.18 Å². The van der Waals surface area contributed by atoms with E-state index in [1.54, 1.807) is 30.3 Å². The highest BCUT2D eigenvalue weighted by Crippen LogP contribution is 2.29. The SMILES string of the molecule is O=C(CCCn1nc(-c2ccc(Cl)cc2)ccc1=O)Nc1ccc(C(F)(F)F)cc1. The number of hydrogen-bond acceptors (Lipinski definition) is 3. The molecule has 0 bridgehead atoms. The van der Waals surface area contributed by atoms with E-state index in [-0.39, 0.29) is 30.1 Å². The van der Waals surface area contributed by atoms with E-state index in [1.165, 1.54) is 22.9 Å². The molecule has 1 N–H and O–H groups in total. The predicted octanol–water partition coefficient (Wildman–Crippen LogP) is 5.00. The van der Waals surface area contributed by atoms with Gasteiger partial charge in [-0.15, -0.1) is 0 Å². The Kier molecular flexibility index (Phi) is 6.56. The lowest BCUT2D eigenvalue weighted by Gasteiger charge is -2.09. The number of anilines is 1. The van der Waals surface area contributed by atoms with Gasteiger partial charge in [0.15, 0.2) is 0 Å². The van der Waals surface area contributed by atoms with Crippen molar-refractivity contribution in [2.75, 3.05) is 5.32 Å². The smallest absolute Gasteiger partial charge is 0.326 e. The van der Waals surface area contributed by atoms with Crippen LogP contribution in [0.1, 0.15) is 18.4 Å². The van der Waals surface area contributed by atoms with E-state index in [0.29, 0.717) is 17.1 Å². The summed E-state index contributed by atoms with van der Waals surface area (Å²) < 4.78 is 39.0. The minimum atomic E-state index is -4.43. The number of carbonyl (C=O) groups is 1. The van der Waals surface area contributed by atoms with Crippen LogP contribution in [0, 0.1) is 0 Å². The molecule has 0 radical (unpaired) electrons. The fraction of sp³-hybridized carbons (Fsp3) is 0.190. The third-order valence-corrected chi connectivity index (χ3v) is 4.53. The lowest BCUT2D eigenvalue weighted by atomic mass is 10.1. The van der Waals surface area contributed by atoms with Crippen LogP contribution in [0.25, 0.3) is 11.3 Å². The zero-order valence-corrected chi connectivity index (χ0v) is 16.4. The molecule has 9 heteroatoms. The average molecular weight is 436 g/mol. The minimum absolute atomic E-state index is 0.0836. The first-order chi connectivity index (χ1) is 14.2. The van der Waals surface area contributed by atoms with Crippen LogP contribution < -0.4 is 10.9 Å². The molecule has 0 fully saturated rings. The van der Waals surface area contributed by atoms with Gasteiger partial charge in [0.2, 0.25) is 5.91 Å². The van der Waals surface area contributed by atoms with Crippen LogP contribution in [-0.4, -0.2) is 15.7 Å². The first-order valence-electron chi connectivity index (χ1n) is 9.03. The van der Waals surface area contributed by atoms with Crippen molar-refractivity contribution in [1.29, 1.82) is 0 Å². The Morgan fingerprint density at radius 3 is 2.30 bits per heavy atom. The highest BCUT2D eigenvalue weighted by atomic mass is 35.5. The third kappa shape index (κ3) is 5.70. The normalized spacial score (nSPS) is 11.3. The van der Waals surface area contributed by atoms with E-state index in [1.807, 2.05) is 0 Å². The molecule has 0 atom stereocenters. The Bertz CT molecular complexity index is 1080. The van der Waals surface area contributed by atoms with Crippen molar-refractivity contribution in [2.24, 2.45) is 0 Å². The van der Waals surface area contributed by atoms with Crippen LogP contribution in [0.15, 0.2) is 65.5 Å². The van der Waals surface area contributed by atoms with Gasteiger partial charge in [0.25, 0.3) is 5.56 Å². The van der Waals surface area contributed by atoms with Crippen molar-refractivity contribution in [2.45, 2.75) is 25.6 Å². The van der Waals surface area contributed by atoms with Crippen molar-refractivity contribution in [3.8, 4) is 11.3 Å². The molecule has 0 aliphatic rings. The van der Waals surface area contributed by atoms with E-state index in [0.717, 1.165) is 17.7 Å². The van der Waals surface area contributed by atoms with Crippen molar-refractivity contribution >= 4 is 23.2 Å². The molecule has 0 unspecified atom stereocenters. The lowest BCUT2D eigenvalue weighted by Crippen LogP contribution is -2.23. The number of hydrogen-bond donors (Lipinski definition) is 1. The molecule has 30 heavy (non-hydrogen) atoms. The number of nitrogens with one attached hydrogen (secondary N) is 1. The van der Waals surface area contributed by atoms with E-state index in [2.05, 4.69) is 10.4 Å². The summed E-state index contributed by atoms with van der Waals surface area (Å²) in [6.45, 7) is 0.223. The molecule has 0 saturated heterocycles. The maximum absolute atomic E-state index is 12.6. The predicted molar refractivity (Wildman–Crippen MR) is 108 cm³/mol. The fourth-order valence-electron chi connectivity index (χ4n) is 2.74. The Balaban J connectivity index is 1.57. The molecule has 1 aromatic heterocycles. The third-order valence-electron chi connectivity index (χ3n) is 4.28. The van der Waals surface area contributed by atoms with Gasteiger partial charge in [0, 0.05) is 35.3 Å². The maximum atomic E-state index is 12.6. The van der Waals surface area contributed by atoms with Crippen LogP contribution in [-0.2, 0) is 17.5 Å². The number of aryl methyl sites for hydroxylation is 1. The van der Waals surface area contributed by atoms with Gasteiger partial charge in [-0.2, -0.15) is 18.3 Å². The number of carbonyl (C=O) groups excluding carboxylic acids is 1. The first kappa shape index (κ1) is 21.6. The summed E-state index contributed by atoms with van der Waals surface area (Å²) in [5.74, 6) is -0.364. The summed E-state index contributed by atoms with van der Waals surface area (Å²) in [6.07, 6.45) is -4.01. The van der Waals surface area contributed by atoms with Crippen molar-refractivity contribution in [3.63, 3.8) is 0 Å². The second-order valence-corrected chi connectivity index (χ2v) is 6.95. The van der Waals surface area contributed by atoms with Gasteiger partial charge in [-0.1, -0.05) is 23.7 Å². The summed E-state index contributed by atoms with van der Waals surface area (Å²) in [5, 5.41) is 7.43.